The minimum Gasteiger partial charge on any atom is -0.354 e. The maximum atomic E-state index is 12.9. The van der Waals surface area contributed by atoms with Crippen molar-refractivity contribution < 1.29 is 4.79 Å². The van der Waals surface area contributed by atoms with Crippen LogP contribution in [0.4, 0.5) is 17.5 Å². The average molecular weight is 479 g/mol. The number of likely N-dealkylation sites (N-methyl/N-ethyl adjacent to an activating group) is 1. The van der Waals surface area contributed by atoms with E-state index in [0.29, 0.717) is 17.7 Å². The van der Waals surface area contributed by atoms with E-state index in [0.717, 1.165) is 61.6 Å². The molecule has 1 aliphatic heterocycles. The highest BCUT2D eigenvalue weighted by molar-refractivity contribution is 5.97. The molecule has 2 aliphatic rings. The van der Waals surface area contributed by atoms with E-state index in [4.69, 9.17) is 4.98 Å². The number of nitrogens with one attached hydrogen (secondary N) is 1. The van der Waals surface area contributed by atoms with E-state index in [2.05, 4.69) is 36.7 Å². The lowest BCUT2D eigenvalue weighted by Crippen LogP contribution is -2.44. The first-order chi connectivity index (χ1) is 17.0. The zero-order chi connectivity index (χ0) is 24.9. The topological polar surface area (TPSA) is 82.4 Å². The predicted molar refractivity (Wildman–Crippen MR) is 142 cm³/mol. The number of pyridine rings is 1. The van der Waals surface area contributed by atoms with Crippen molar-refractivity contribution in [2.45, 2.75) is 45.6 Å². The van der Waals surface area contributed by atoms with Crippen molar-refractivity contribution in [1.82, 2.24) is 29.3 Å². The molecule has 0 atom stereocenters. The Labute approximate surface area is 208 Å². The second kappa shape index (κ2) is 11.0. The van der Waals surface area contributed by atoms with Crippen LogP contribution in [0.5, 0.6) is 0 Å². The summed E-state index contributed by atoms with van der Waals surface area (Å²) in [7, 11) is 5.73. The van der Waals surface area contributed by atoms with Gasteiger partial charge in [0.1, 0.15) is 17.2 Å². The Hall–Kier alpha value is -3.20. The van der Waals surface area contributed by atoms with Crippen LogP contribution in [0, 0.1) is 0 Å². The number of anilines is 3. The smallest absolute Gasteiger partial charge is 0.270 e. The molecule has 1 saturated heterocycles. The van der Waals surface area contributed by atoms with Crippen LogP contribution >= 0.6 is 0 Å². The van der Waals surface area contributed by atoms with Crippen molar-refractivity contribution in [3.05, 3.63) is 36.3 Å². The van der Waals surface area contributed by atoms with Gasteiger partial charge in [0.15, 0.2) is 0 Å². The van der Waals surface area contributed by atoms with E-state index in [9.17, 15) is 4.79 Å². The van der Waals surface area contributed by atoms with E-state index in [1.165, 1.54) is 12.8 Å². The Bertz CT molecular complexity index is 1130. The normalized spacial score (nSPS) is 16.8. The minimum absolute atomic E-state index is 0.00176. The summed E-state index contributed by atoms with van der Waals surface area (Å²) in [5.41, 5.74) is 2.34. The Morgan fingerprint density at radius 2 is 1.74 bits per heavy atom. The van der Waals surface area contributed by atoms with Gasteiger partial charge in [0.25, 0.3) is 5.91 Å². The van der Waals surface area contributed by atoms with Gasteiger partial charge in [0.2, 0.25) is 5.95 Å². The molecule has 0 aromatic carbocycles. The van der Waals surface area contributed by atoms with Crippen LogP contribution in [0.3, 0.4) is 0 Å². The number of amides is 1. The van der Waals surface area contributed by atoms with Crippen LogP contribution in [-0.2, 0) is 0 Å². The largest absolute Gasteiger partial charge is 0.354 e. The van der Waals surface area contributed by atoms with Gasteiger partial charge in [0.05, 0.1) is 11.9 Å². The fraction of sp³-hybridized carbons (Fsp3) is 0.538. The van der Waals surface area contributed by atoms with E-state index >= 15 is 0 Å². The van der Waals surface area contributed by atoms with E-state index in [1.807, 2.05) is 38.2 Å². The summed E-state index contributed by atoms with van der Waals surface area (Å²) in [5, 5.41) is 4.18. The number of hydrogen-bond donors (Lipinski definition) is 1. The predicted octanol–water partition coefficient (Wildman–Crippen LogP) is 4.16. The molecule has 1 N–H and O–H groups in total. The van der Waals surface area contributed by atoms with Gasteiger partial charge < -0.3 is 24.6 Å². The fourth-order valence-corrected chi connectivity index (χ4v) is 4.81. The average Bonchev–Trinajstić information content (AvgIpc) is 3.53. The molecule has 0 spiro atoms. The van der Waals surface area contributed by atoms with Gasteiger partial charge >= 0.3 is 0 Å². The van der Waals surface area contributed by atoms with Crippen LogP contribution in [0.25, 0.3) is 11.0 Å². The molecule has 1 aliphatic carbocycles. The third-order valence-electron chi connectivity index (χ3n) is 6.72. The maximum Gasteiger partial charge on any atom is 0.270 e. The number of carbonyl (C=O) groups is 1. The number of fused-ring (bicyclic) bond motifs is 1. The zero-order valence-electron chi connectivity index (χ0n) is 21.7. The monoisotopic (exact) mass is 478 g/mol. The number of hydrogen-bond acceptors (Lipinski definition) is 7. The van der Waals surface area contributed by atoms with Crippen LogP contribution in [0.15, 0.2) is 30.6 Å². The third kappa shape index (κ3) is 5.40. The molecule has 188 valence electrons. The minimum atomic E-state index is -0.00176. The summed E-state index contributed by atoms with van der Waals surface area (Å²) in [5.74, 6) is 1.50. The molecule has 1 saturated carbocycles. The van der Waals surface area contributed by atoms with Gasteiger partial charge in [0, 0.05) is 57.9 Å². The number of aromatic nitrogens is 4. The second-order valence-electron chi connectivity index (χ2n) is 9.33. The molecular formula is C26H38N8O. The van der Waals surface area contributed by atoms with Gasteiger partial charge in [-0.1, -0.05) is 26.7 Å². The number of nitrogens with zero attached hydrogens (tertiary/aromatic N) is 7. The van der Waals surface area contributed by atoms with Crippen LogP contribution < -0.4 is 10.2 Å². The quantitative estimate of drug-likeness (QED) is 0.589. The lowest BCUT2D eigenvalue weighted by Gasteiger charge is -2.33. The Balaban J connectivity index is 0.00000141. The summed E-state index contributed by atoms with van der Waals surface area (Å²) >= 11 is 0. The summed E-state index contributed by atoms with van der Waals surface area (Å²) in [4.78, 5) is 33.1. The molecule has 9 nitrogen and oxygen atoms in total. The summed E-state index contributed by atoms with van der Waals surface area (Å²) in [6.07, 6.45) is 8.14. The molecule has 3 aromatic heterocycles. The van der Waals surface area contributed by atoms with Crippen molar-refractivity contribution in [3.63, 3.8) is 0 Å². The molecule has 2 fully saturated rings. The second-order valence-corrected chi connectivity index (χ2v) is 9.33. The Kier molecular flexibility index (Phi) is 7.85. The van der Waals surface area contributed by atoms with E-state index in [1.54, 1.807) is 25.2 Å². The molecule has 4 heterocycles. The number of carbonyl (C=O) groups excluding carboxylic acids is 1. The van der Waals surface area contributed by atoms with Crippen molar-refractivity contribution >= 4 is 34.4 Å². The first-order valence-electron chi connectivity index (χ1n) is 12.8. The zero-order valence-corrected chi connectivity index (χ0v) is 21.7. The third-order valence-corrected chi connectivity index (χ3v) is 6.72. The van der Waals surface area contributed by atoms with E-state index in [-0.39, 0.29) is 5.91 Å². The van der Waals surface area contributed by atoms with Crippen molar-refractivity contribution in [2.75, 3.05) is 57.5 Å². The summed E-state index contributed by atoms with van der Waals surface area (Å²) < 4.78 is 2.13. The van der Waals surface area contributed by atoms with Crippen LogP contribution in [0.1, 0.15) is 56.1 Å². The molecule has 0 bridgehead atoms. The summed E-state index contributed by atoms with van der Waals surface area (Å²) in [6.45, 7) is 8.08. The first kappa shape index (κ1) is 24.9. The summed E-state index contributed by atoms with van der Waals surface area (Å²) in [6, 6.07) is 6.28. The molecule has 35 heavy (non-hydrogen) atoms. The van der Waals surface area contributed by atoms with Crippen LogP contribution in [0.2, 0.25) is 0 Å². The highest BCUT2D eigenvalue weighted by Crippen LogP contribution is 2.35. The van der Waals surface area contributed by atoms with Crippen LogP contribution in [-0.4, -0.2) is 82.5 Å². The molecule has 0 unspecified atom stereocenters. The van der Waals surface area contributed by atoms with Crippen molar-refractivity contribution in [1.29, 1.82) is 0 Å². The first-order valence-corrected chi connectivity index (χ1v) is 12.8. The van der Waals surface area contributed by atoms with Gasteiger partial charge in [-0.25, -0.2) is 9.97 Å². The highest BCUT2D eigenvalue weighted by atomic mass is 16.2. The molecule has 1 amide bonds. The molecule has 9 heteroatoms. The SMILES string of the molecule is CC.CN1CCN(c2ccc(Nc3ncc4cc(C(=O)N(C)C)n(C5CCCC5)c4n3)cn2)CC1. The fourth-order valence-electron chi connectivity index (χ4n) is 4.81. The number of piperazine rings is 1. The van der Waals surface area contributed by atoms with Gasteiger partial charge in [-0.2, -0.15) is 4.98 Å². The highest BCUT2D eigenvalue weighted by Gasteiger charge is 2.26. The molecule has 3 aromatic rings. The van der Waals surface area contributed by atoms with Crippen molar-refractivity contribution in [3.8, 4) is 0 Å². The molecule has 0 radical (unpaired) electrons. The maximum absolute atomic E-state index is 12.9. The van der Waals surface area contributed by atoms with E-state index < -0.39 is 0 Å². The lowest BCUT2D eigenvalue weighted by atomic mass is 10.2. The standard InChI is InChI=1S/C24H32N8O.C2H6/c1-29(2)23(33)20-14-17-15-26-24(28-22(17)32(20)19-6-4-5-7-19)27-18-8-9-21(25-16-18)31-12-10-30(3)11-13-31;1-2/h8-9,14-16,19H,4-7,10-13H2,1-3H3,(H,26,27,28);1-2H3. The lowest BCUT2D eigenvalue weighted by molar-refractivity contribution is 0.0815. The molecule has 5 rings (SSSR count). The Morgan fingerprint density at radius 3 is 2.37 bits per heavy atom. The number of rotatable bonds is 5. The van der Waals surface area contributed by atoms with Gasteiger partial charge in [-0.3, -0.25) is 4.79 Å². The van der Waals surface area contributed by atoms with Gasteiger partial charge in [-0.15, -0.1) is 0 Å². The van der Waals surface area contributed by atoms with Gasteiger partial charge in [-0.05, 0) is 38.1 Å². The Morgan fingerprint density at radius 1 is 1.03 bits per heavy atom. The van der Waals surface area contributed by atoms with Crippen molar-refractivity contribution in [2.24, 2.45) is 0 Å². The molecular weight excluding hydrogens is 440 g/mol.